The van der Waals surface area contributed by atoms with Gasteiger partial charge in [-0.25, -0.2) is 0 Å². The van der Waals surface area contributed by atoms with Crippen LogP contribution in [0.25, 0.3) is 22.6 Å². The molecule has 0 bridgehead atoms. The number of carboxylic acids is 1. The second-order valence-electron chi connectivity index (χ2n) is 11.4. The van der Waals surface area contributed by atoms with Gasteiger partial charge in [-0.3, -0.25) is 9.69 Å². The summed E-state index contributed by atoms with van der Waals surface area (Å²) in [7, 11) is 0. The number of rotatable bonds is 11. The van der Waals surface area contributed by atoms with Crippen molar-refractivity contribution in [3.05, 3.63) is 119 Å². The van der Waals surface area contributed by atoms with Gasteiger partial charge in [-0.05, 0) is 79.3 Å². The number of benzene rings is 4. The van der Waals surface area contributed by atoms with Crippen LogP contribution in [0, 0.1) is 13.8 Å². The Morgan fingerprint density at radius 1 is 0.867 bits per heavy atom. The Hall–Kier alpha value is -4.95. The molecule has 1 aromatic heterocycles. The topological polar surface area (TPSA) is 97.9 Å². The van der Waals surface area contributed by atoms with Gasteiger partial charge in [-0.1, -0.05) is 73.2 Å². The Balaban J connectivity index is 1.23. The first-order chi connectivity index (χ1) is 22.0. The van der Waals surface area contributed by atoms with E-state index in [9.17, 15) is 9.90 Å². The maximum absolute atomic E-state index is 12.0. The number of aliphatic carboxylic acids is 1. The molecule has 45 heavy (non-hydrogen) atoms. The molecule has 6 rings (SSSR count). The van der Waals surface area contributed by atoms with E-state index in [-0.39, 0.29) is 6.61 Å². The molecule has 2 heterocycles. The number of ether oxygens (including phenoxy) is 2. The predicted molar refractivity (Wildman–Crippen MR) is 172 cm³/mol. The largest absolute Gasteiger partial charge is 0.489 e. The van der Waals surface area contributed by atoms with E-state index >= 15 is 0 Å². The Morgan fingerprint density at radius 3 is 2.49 bits per heavy atom. The molecule has 0 spiro atoms. The van der Waals surface area contributed by atoms with Crippen LogP contribution in [-0.2, 0) is 24.6 Å². The summed E-state index contributed by atoms with van der Waals surface area (Å²) in [4.78, 5) is 14.0. The van der Waals surface area contributed by atoms with Gasteiger partial charge in [0.2, 0.25) is 5.89 Å². The van der Waals surface area contributed by atoms with E-state index in [1.165, 1.54) is 22.3 Å². The van der Waals surface area contributed by atoms with Crippen LogP contribution in [0.15, 0.2) is 95.4 Å². The van der Waals surface area contributed by atoms with Crippen LogP contribution < -0.4 is 9.47 Å². The molecule has 1 N–H and O–H groups in total. The van der Waals surface area contributed by atoms with E-state index < -0.39 is 12.0 Å². The third kappa shape index (κ3) is 7.07. The summed E-state index contributed by atoms with van der Waals surface area (Å²) in [5, 5.41) is 18.2. The van der Waals surface area contributed by atoms with Crippen molar-refractivity contribution in [2.45, 2.75) is 58.9 Å². The van der Waals surface area contributed by atoms with Gasteiger partial charge in [-0.15, -0.1) is 10.2 Å². The molecule has 0 radical (unpaired) electrons. The lowest BCUT2D eigenvalue weighted by molar-refractivity contribution is -0.144. The average molecular weight is 604 g/mol. The number of carbonyl (C=O) groups is 1. The van der Waals surface area contributed by atoms with Crippen molar-refractivity contribution in [2.75, 3.05) is 6.54 Å². The molecular formula is C37H37N3O5. The van der Waals surface area contributed by atoms with Gasteiger partial charge >= 0.3 is 5.97 Å². The van der Waals surface area contributed by atoms with Gasteiger partial charge in [0.15, 0.2) is 6.61 Å². The molecule has 8 heteroatoms. The summed E-state index contributed by atoms with van der Waals surface area (Å²) >= 11 is 0. The summed E-state index contributed by atoms with van der Waals surface area (Å²) in [6.45, 7) is 5.88. The lowest BCUT2D eigenvalue weighted by Gasteiger charge is -2.33. The first kappa shape index (κ1) is 30.1. The minimum absolute atomic E-state index is 0.0657. The number of hydrogen-bond donors (Lipinski definition) is 1. The summed E-state index contributed by atoms with van der Waals surface area (Å²) in [5.74, 6) is 1.22. The van der Waals surface area contributed by atoms with Crippen molar-refractivity contribution in [1.29, 1.82) is 0 Å². The number of hydrogen-bond acceptors (Lipinski definition) is 7. The molecule has 1 saturated heterocycles. The minimum atomic E-state index is -0.792. The van der Waals surface area contributed by atoms with Crippen molar-refractivity contribution < 1.29 is 23.8 Å². The van der Waals surface area contributed by atoms with E-state index in [2.05, 4.69) is 66.5 Å². The first-order valence-electron chi connectivity index (χ1n) is 15.3. The van der Waals surface area contributed by atoms with Crippen LogP contribution in [0.5, 0.6) is 11.5 Å². The monoisotopic (exact) mass is 603 g/mol. The minimum Gasteiger partial charge on any atom is -0.489 e. The molecule has 0 saturated carbocycles. The highest BCUT2D eigenvalue weighted by atomic mass is 16.5. The number of likely N-dealkylation sites (tertiary alicyclic amines) is 1. The van der Waals surface area contributed by atoms with E-state index in [0.717, 1.165) is 36.1 Å². The van der Waals surface area contributed by atoms with Crippen molar-refractivity contribution in [2.24, 2.45) is 0 Å². The fourth-order valence-corrected chi connectivity index (χ4v) is 5.88. The van der Waals surface area contributed by atoms with E-state index in [1.807, 2.05) is 53.4 Å². The number of piperidine rings is 1. The van der Waals surface area contributed by atoms with E-state index in [4.69, 9.17) is 13.9 Å². The highest BCUT2D eigenvalue weighted by Gasteiger charge is 2.29. The molecule has 1 aliphatic rings. The molecule has 0 unspecified atom stereocenters. The summed E-state index contributed by atoms with van der Waals surface area (Å²) in [6, 6.07) is 29.5. The fraction of sp³-hybridized carbons (Fsp3) is 0.270. The maximum Gasteiger partial charge on any atom is 0.320 e. The SMILES string of the molecule is Cc1ccccc1-c1cccc(COc2ccc(CN3CCCC[C@H]3C(=O)O)c(OCc3nnc(-c4ccccc4)o3)c2)c1C. The predicted octanol–water partition coefficient (Wildman–Crippen LogP) is 7.62. The van der Waals surface area contributed by atoms with Crippen molar-refractivity contribution >= 4 is 5.97 Å². The van der Waals surface area contributed by atoms with Crippen molar-refractivity contribution in [1.82, 2.24) is 15.1 Å². The van der Waals surface area contributed by atoms with Gasteiger partial charge in [0.1, 0.15) is 24.1 Å². The highest BCUT2D eigenvalue weighted by Crippen LogP contribution is 2.32. The highest BCUT2D eigenvalue weighted by molar-refractivity contribution is 5.73. The number of aryl methyl sites for hydroxylation is 1. The van der Waals surface area contributed by atoms with Gasteiger partial charge in [-0.2, -0.15) is 0 Å². The molecule has 0 aliphatic carbocycles. The van der Waals surface area contributed by atoms with E-state index in [0.29, 0.717) is 42.9 Å². The molecular weight excluding hydrogens is 566 g/mol. The smallest absolute Gasteiger partial charge is 0.320 e. The lowest BCUT2D eigenvalue weighted by atomic mass is 9.94. The Kier molecular flexibility index (Phi) is 9.22. The number of aromatic nitrogens is 2. The quantitative estimate of drug-likeness (QED) is 0.165. The fourth-order valence-electron chi connectivity index (χ4n) is 5.88. The molecule has 1 fully saturated rings. The summed E-state index contributed by atoms with van der Waals surface area (Å²) < 4.78 is 18.4. The molecule has 4 aromatic carbocycles. The zero-order valence-corrected chi connectivity index (χ0v) is 25.6. The van der Waals surface area contributed by atoms with E-state index in [1.54, 1.807) is 0 Å². The van der Waals surface area contributed by atoms with Crippen LogP contribution in [0.2, 0.25) is 0 Å². The second kappa shape index (κ2) is 13.8. The van der Waals surface area contributed by atoms with Gasteiger partial charge in [0.25, 0.3) is 5.89 Å². The molecule has 5 aromatic rings. The molecule has 230 valence electrons. The maximum atomic E-state index is 12.0. The van der Waals surface area contributed by atoms with Crippen molar-refractivity contribution in [3.8, 4) is 34.1 Å². The molecule has 8 nitrogen and oxygen atoms in total. The lowest BCUT2D eigenvalue weighted by Crippen LogP contribution is -2.44. The van der Waals surface area contributed by atoms with Crippen molar-refractivity contribution in [3.63, 3.8) is 0 Å². The van der Waals surface area contributed by atoms with Crippen LogP contribution >= 0.6 is 0 Å². The van der Waals surface area contributed by atoms with Gasteiger partial charge < -0.3 is 19.0 Å². The summed E-state index contributed by atoms with van der Waals surface area (Å²) in [5.41, 5.74) is 7.61. The summed E-state index contributed by atoms with van der Waals surface area (Å²) in [6.07, 6.45) is 2.51. The Morgan fingerprint density at radius 2 is 1.67 bits per heavy atom. The number of carboxylic acid groups (broad SMARTS) is 1. The van der Waals surface area contributed by atoms with Gasteiger partial charge in [0, 0.05) is 23.7 Å². The number of nitrogens with zero attached hydrogens (tertiary/aromatic N) is 3. The van der Waals surface area contributed by atoms with Gasteiger partial charge in [0.05, 0.1) is 0 Å². The molecule has 0 amide bonds. The molecule has 1 aliphatic heterocycles. The second-order valence-corrected chi connectivity index (χ2v) is 11.4. The molecule has 1 atom stereocenters. The third-order valence-corrected chi connectivity index (χ3v) is 8.43. The third-order valence-electron chi connectivity index (χ3n) is 8.43. The zero-order valence-electron chi connectivity index (χ0n) is 25.6. The van der Waals surface area contributed by atoms with Crippen LogP contribution in [0.4, 0.5) is 0 Å². The Labute approximate surface area is 263 Å². The van der Waals surface area contributed by atoms with Crippen LogP contribution in [-0.4, -0.2) is 38.8 Å². The van der Waals surface area contributed by atoms with Crippen LogP contribution in [0.3, 0.4) is 0 Å². The first-order valence-corrected chi connectivity index (χ1v) is 15.3. The average Bonchev–Trinajstić information content (AvgIpc) is 3.54. The zero-order chi connectivity index (χ0) is 31.2. The normalized spacial score (nSPS) is 15.1. The standard InChI is InChI=1S/C37H37N3O5/c1-25-11-6-7-15-31(25)32-16-10-14-29(26(32)2)23-43-30-19-18-28(22-40-20-9-8-17-33(40)37(41)42)34(21-30)44-24-35-38-39-36(45-35)27-12-4-3-5-13-27/h3-7,10-16,18-19,21,33H,8-9,17,20,22-24H2,1-2H3,(H,41,42)/t33-/m0/s1. The Bertz CT molecular complexity index is 1770. The van der Waals surface area contributed by atoms with Crippen LogP contribution in [0.1, 0.15) is 47.4 Å².